The number of hydrogen-bond acceptors (Lipinski definition) is 5. The number of amides is 3. The predicted octanol–water partition coefficient (Wildman–Crippen LogP) is 4.67. The molecule has 2 N–H and O–H groups in total. The molecular formula is C27H29FN4O4. The van der Waals surface area contributed by atoms with Crippen LogP contribution in [0.15, 0.2) is 65.2 Å². The van der Waals surface area contributed by atoms with Crippen LogP contribution in [-0.2, 0) is 14.4 Å². The number of aryl methyl sites for hydroxylation is 1. The van der Waals surface area contributed by atoms with Gasteiger partial charge in [0.25, 0.3) is 0 Å². The highest BCUT2D eigenvalue weighted by Crippen LogP contribution is 2.31. The van der Waals surface area contributed by atoms with Gasteiger partial charge in [-0.15, -0.1) is 0 Å². The minimum Gasteiger partial charge on any atom is -0.360 e. The van der Waals surface area contributed by atoms with Gasteiger partial charge in [-0.3, -0.25) is 19.3 Å². The summed E-state index contributed by atoms with van der Waals surface area (Å²) in [4.78, 5) is 40.8. The lowest BCUT2D eigenvalue weighted by molar-refractivity contribution is -0.127. The van der Waals surface area contributed by atoms with E-state index < -0.39 is 23.7 Å². The number of anilines is 2. The fourth-order valence-corrected chi connectivity index (χ4v) is 4.44. The molecule has 3 aromatic rings. The largest absolute Gasteiger partial charge is 0.360 e. The molecule has 0 unspecified atom stereocenters. The van der Waals surface area contributed by atoms with Gasteiger partial charge in [-0.25, -0.2) is 4.39 Å². The summed E-state index contributed by atoms with van der Waals surface area (Å²) in [5.74, 6) is -1.24. The summed E-state index contributed by atoms with van der Waals surface area (Å²) in [6.45, 7) is 1.69. The Morgan fingerprint density at radius 1 is 1.06 bits per heavy atom. The summed E-state index contributed by atoms with van der Waals surface area (Å²) in [5.41, 5.74) is 0.526. The molecule has 0 saturated heterocycles. The number of carbonyl (C=O) groups is 3. The second kappa shape index (κ2) is 11.6. The van der Waals surface area contributed by atoms with E-state index in [9.17, 15) is 14.4 Å². The van der Waals surface area contributed by atoms with E-state index in [2.05, 4.69) is 15.8 Å². The van der Waals surface area contributed by atoms with Gasteiger partial charge in [-0.05, 0) is 37.5 Å². The molecule has 1 aliphatic carbocycles. The molecule has 2 aromatic carbocycles. The first kappa shape index (κ1) is 25.1. The molecule has 0 spiro atoms. The second-order valence-electron chi connectivity index (χ2n) is 8.89. The lowest BCUT2D eigenvalue weighted by atomic mass is 10.0. The number of hydrogen-bond donors (Lipinski definition) is 2. The molecule has 1 saturated carbocycles. The van der Waals surface area contributed by atoms with Crippen LogP contribution in [0.25, 0.3) is 0 Å². The van der Waals surface area contributed by atoms with E-state index in [1.54, 1.807) is 49.4 Å². The first-order valence-corrected chi connectivity index (χ1v) is 12.1. The number of aromatic nitrogens is 1. The monoisotopic (exact) mass is 492 g/mol. The first-order valence-electron chi connectivity index (χ1n) is 12.1. The van der Waals surface area contributed by atoms with E-state index in [0.717, 1.165) is 25.7 Å². The predicted molar refractivity (Wildman–Crippen MR) is 133 cm³/mol. The van der Waals surface area contributed by atoms with Crippen LogP contribution in [0.2, 0.25) is 0 Å². The van der Waals surface area contributed by atoms with Crippen molar-refractivity contribution in [3.63, 3.8) is 0 Å². The van der Waals surface area contributed by atoms with E-state index in [-0.39, 0.29) is 36.3 Å². The van der Waals surface area contributed by atoms with E-state index in [0.29, 0.717) is 11.3 Å². The van der Waals surface area contributed by atoms with Crippen LogP contribution < -0.4 is 15.5 Å². The van der Waals surface area contributed by atoms with Crippen LogP contribution >= 0.6 is 0 Å². The van der Waals surface area contributed by atoms with Crippen LogP contribution in [0.4, 0.5) is 15.9 Å². The zero-order valence-corrected chi connectivity index (χ0v) is 20.1. The fourth-order valence-electron chi connectivity index (χ4n) is 4.44. The van der Waals surface area contributed by atoms with Gasteiger partial charge in [-0.2, -0.15) is 0 Å². The van der Waals surface area contributed by atoms with Crippen molar-refractivity contribution in [2.24, 2.45) is 0 Å². The van der Waals surface area contributed by atoms with Gasteiger partial charge in [0.1, 0.15) is 17.6 Å². The van der Waals surface area contributed by atoms with Gasteiger partial charge in [-0.1, -0.05) is 60.5 Å². The molecule has 0 bridgehead atoms. The Morgan fingerprint density at radius 3 is 2.42 bits per heavy atom. The maximum Gasteiger partial charge on any atom is 0.248 e. The number of nitrogens with one attached hydrogen (secondary N) is 2. The van der Waals surface area contributed by atoms with Crippen LogP contribution in [0.5, 0.6) is 0 Å². The molecule has 3 amide bonds. The molecule has 188 valence electrons. The van der Waals surface area contributed by atoms with E-state index in [1.807, 2.05) is 0 Å². The number of halogens is 1. The average molecular weight is 493 g/mol. The number of benzene rings is 2. The van der Waals surface area contributed by atoms with Crippen molar-refractivity contribution < 1.29 is 23.3 Å². The SMILES string of the molecule is Cc1cc(NC(=O)CCC(=O)N(c2ccccc2F)[C@@H](C(=O)NC2CCCC2)c2ccccc2)no1. The highest BCUT2D eigenvalue weighted by molar-refractivity contribution is 6.03. The molecule has 36 heavy (non-hydrogen) atoms. The zero-order chi connectivity index (χ0) is 25.5. The average Bonchev–Trinajstić information content (AvgIpc) is 3.53. The smallest absolute Gasteiger partial charge is 0.248 e. The Kier molecular flexibility index (Phi) is 8.10. The third kappa shape index (κ3) is 6.16. The number of carbonyl (C=O) groups excluding carboxylic acids is 3. The summed E-state index contributed by atoms with van der Waals surface area (Å²) in [6, 6.07) is 15.1. The highest BCUT2D eigenvalue weighted by atomic mass is 19.1. The fraction of sp³-hybridized carbons (Fsp3) is 0.333. The lowest BCUT2D eigenvalue weighted by Crippen LogP contribution is -2.46. The maximum absolute atomic E-state index is 15.0. The number of rotatable bonds is 9. The van der Waals surface area contributed by atoms with Crippen molar-refractivity contribution in [1.82, 2.24) is 10.5 Å². The van der Waals surface area contributed by atoms with Gasteiger partial charge in [0.05, 0.1) is 5.69 Å². The lowest BCUT2D eigenvalue weighted by Gasteiger charge is -2.32. The maximum atomic E-state index is 15.0. The number of nitrogens with zero attached hydrogens (tertiary/aromatic N) is 2. The van der Waals surface area contributed by atoms with Crippen molar-refractivity contribution in [2.75, 3.05) is 10.2 Å². The van der Waals surface area contributed by atoms with Crippen LogP contribution in [0.3, 0.4) is 0 Å². The summed E-state index contributed by atoms with van der Waals surface area (Å²) in [6.07, 6.45) is 3.36. The van der Waals surface area contributed by atoms with E-state index >= 15 is 4.39 Å². The van der Waals surface area contributed by atoms with Crippen LogP contribution in [-0.4, -0.2) is 28.9 Å². The molecule has 0 radical (unpaired) electrons. The van der Waals surface area contributed by atoms with Gasteiger partial charge in [0, 0.05) is 24.9 Å². The van der Waals surface area contributed by atoms with Crippen molar-refractivity contribution in [2.45, 2.75) is 57.5 Å². The summed E-state index contributed by atoms with van der Waals surface area (Å²) in [5, 5.41) is 9.33. The number of para-hydroxylation sites is 1. The standard InChI is InChI=1S/C27H29FN4O4/c1-18-17-23(31-36-18)30-24(33)15-16-25(34)32(22-14-8-7-13-21(22)28)26(19-9-3-2-4-10-19)27(35)29-20-11-5-6-12-20/h2-4,7-10,13-14,17,20,26H,5-6,11-12,15-16H2,1H3,(H,29,35)(H,30,31,33)/t26-/m1/s1. The third-order valence-electron chi connectivity index (χ3n) is 6.17. The van der Waals surface area contributed by atoms with Crippen molar-refractivity contribution in [1.29, 1.82) is 0 Å². The van der Waals surface area contributed by atoms with E-state index in [1.165, 1.54) is 23.1 Å². The topological polar surface area (TPSA) is 105 Å². The normalized spacial score (nSPS) is 14.3. The summed E-state index contributed by atoms with van der Waals surface area (Å²) in [7, 11) is 0. The minimum absolute atomic E-state index is 0.0120. The second-order valence-corrected chi connectivity index (χ2v) is 8.89. The first-order chi connectivity index (χ1) is 17.4. The highest BCUT2D eigenvalue weighted by Gasteiger charge is 2.35. The molecule has 1 aliphatic rings. The molecule has 1 fully saturated rings. The summed E-state index contributed by atoms with van der Waals surface area (Å²) < 4.78 is 19.9. The van der Waals surface area contributed by atoms with Crippen molar-refractivity contribution >= 4 is 29.2 Å². The Balaban J connectivity index is 1.61. The quantitative estimate of drug-likeness (QED) is 0.452. The van der Waals surface area contributed by atoms with Crippen molar-refractivity contribution in [3.05, 3.63) is 77.8 Å². The Labute approximate surface area is 208 Å². The molecule has 1 aromatic heterocycles. The van der Waals surface area contributed by atoms with Crippen molar-refractivity contribution in [3.8, 4) is 0 Å². The van der Waals surface area contributed by atoms with Gasteiger partial charge in [0.15, 0.2) is 5.82 Å². The molecule has 8 nitrogen and oxygen atoms in total. The van der Waals surface area contributed by atoms with Gasteiger partial charge < -0.3 is 15.2 Å². The Hall–Kier alpha value is -4.01. The van der Waals surface area contributed by atoms with Gasteiger partial charge in [0.2, 0.25) is 17.7 Å². The molecule has 0 aliphatic heterocycles. The Morgan fingerprint density at radius 2 is 1.75 bits per heavy atom. The van der Waals surface area contributed by atoms with Crippen LogP contribution in [0.1, 0.15) is 55.9 Å². The summed E-state index contributed by atoms with van der Waals surface area (Å²) >= 11 is 0. The van der Waals surface area contributed by atoms with Crippen LogP contribution in [0, 0.1) is 12.7 Å². The molecule has 9 heteroatoms. The molecule has 1 atom stereocenters. The molecule has 1 heterocycles. The molecular weight excluding hydrogens is 463 g/mol. The van der Waals surface area contributed by atoms with E-state index in [4.69, 9.17) is 4.52 Å². The Bertz CT molecular complexity index is 1210. The zero-order valence-electron chi connectivity index (χ0n) is 20.1. The molecule has 4 rings (SSSR count). The minimum atomic E-state index is -1.10. The van der Waals surface area contributed by atoms with Gasteiger partial charge >= 0.3 is 0 Å². The third-order valence-corrected chi connectivity index (χ3v) is 6.17.